The van der Waals surface area contributed by atoms with Crippen LogP contribution in [0.1, 0.15) is 29.8 Å². The van der Waals surface area contributed by atoms with Crippen LogP contribution in [0.5, 0.6) is 0 Å². The van der Waals surface area contributed by atoms with Gasteiger partial charge in [0.15, 0.2) is 9.84 Å². The van der Waals surface area contributed by atoms with Gasteiger partial charge in [-0.25, -0.2) is 13.2 Å². The summed E-state index contributed by atoms with van der Waals surface area (Å²) in [6, 6.07) is 6.49. The van der Waals surface area contributed by atoms with Crippen molar-refractivity contribution in [2.24, 2.45) is 0 Å². The maximum atomic E-state index is 11.9. The van der Waals surface area contributed by atoms with E-state index in [1.54, 1.807) is 18.2 Å². The van der Waals surface area contributed by atoms with E-state index in [2.05, 4.69) is 5.32 Å². The van der Waals surface area contributed by atoms with Crippen LogP contribution in [-0.2, 0) is 21.1 Å². The molecule has 116 valence electrons. The molecule has 6 nitrogen and oxygen atoms in total. The topological polar surface area (TPSA) is 101 Å². The van der Waals surface area contributed by atoms with E-state index in [1.165, 1.54) is 19.9 Å². The molecule has 1 amide bonds. The Bertz CT molecular complexity index is 649. The first-order chi connectivity index (χ1) is 9.57. The molecule has 0 bridgehead atoms. The van der Waals surface area contributed by atoms with Crippen molar-refractivity contribution in [3.8, 4) is 0 Å². The number of aromatic carboxylic acids is 1. The van der Waals surface area contributed by atoms with Gasteiger partial charge >= 0.3 is 5.97 Å². The zero-order valence-corrected chi connectivity index (χ0v) is 13.0. The van der Waals surface area contributed by atoms with Gasteiger partial charge in [0, 0.05) is 12.8 Å². The quantitative estimate of drug-likeness (QED) is 0.811. The fourth-order valence-electron chi connectivity index (χ4n) is 1.64. The van der Waals surface area contributed by atoms with Crippen LogP contribution in [0.4, 0.5) is 0 Å². The van der Waals surface area contributed by atoms with Gasteiger partial charge < -0.3 is 10.4 Å². The number of carbonyl (C=O) groups is 2. The molecule has 1 aromatic carbocycles. The molecule has 1 rings (SSSR count). The first kappa shape index (κ1) is 17.2. The number of rotatable bonds is 6. The van der Waals surface area contributed by atoms with Gasteiger partial charge in [0.2, 0.25) is 5.91 Å². The van der Waals surface area contributed by atoms with Gasteiger partial charge in [-0.1, -0.05) is 18.2 Å². The first-order valence-corrected chi connectivity index (χ1v) is 8.25. The second-order valence-electron chi connectivity index (χ2n) is 5.25. The Kier molecular flexibility index (Phi) is 5.11. The fourth-order valence-corrected chi connectivity index (χ4v) is 2.05. The SMILES string of the molecule is CC(C)(C(=O)NCCc1ccccc1C(=O)O)S(C)(=O)=O. The Hall–Kier alpha value is -1.89. The van der Waals surface area contributed by atoms with E-state index >= 15 is 0 Å². The molecule has 21 heavy (non-hydrogen) atoms. The summed E-state index contributed by atoms with van der Waals surface area (Å²) < 4.78 is 21.6. The molecular weight excluding hydrogens is 294 g/mol. The molecule has 2 N–H and O–H groups in total. The molecule has 0 aliphatic carbocycles. The van der Waals surface area contributed by atoms with Crippen molar-refractivity contribution in [1.82, 2.24) is 5.32 Å². The Morgan fingerprint density at radius 3 is 2.33 bits per heavy atom. The zero-order valence-electron chi connectivity index (χ0n) is 12.2. The monoisotopic (exact) mass is 313 g/mol. The normalized spacial score (nSPS) is 12.0. The smallest absolute Gasteiger partial charge is 0.335 e. The molecule has 0 heterocycles. The largest absolute Gasteiger partial charge is 0.478 e. The zero-order chi connectivity index (χ0) is 16.3. The first-order valence-electron chi connectivity index (χ1n) is 6.36. The number of sulfone groups is 1. The summed E-state index contributed by atoms with van der Waals surface area (Å²) in [6.07, 6.45) is 1.32. The molecule has 0 atom stereocenters. The van der Waals surface area contributed by atoms with Crippen LogP contribution in [-0.4, -0.2) is 42.9 Å². The molecule has 0 fully saturated rings. The lowest BCUT2D eigenvalue weighted by molar-refractivity contribution is -0.122. The molecule has 1 aromatic rings. The van der Waals surface area contributed by atoms with Crippen LogP contribution in [0.15, 0.2) is 24.3 Å². The molecule has 0 unspecified atom stereocenters. The van der Waals surface area contributed by atoms with Crippen LogP contribution in [0.25, 0.3) is 0 Å². The number of benzene rings is 1. The molecule has 7 heteroatoms. The molecule has 0 aromatic heterocycles. The summed E-state index contributed by atoms with van der Waals surface area (Å²) in [6.45, 7) is 2.84. The van der Waals surface area contributed by atoms with E-state index in [9.17, 15) is 18.0 Å². The van der Waals surface area contributed by atoms with Crippen LogP contribution in [0.2, 0.25) is 0 Å². The predicted octanol–water partition coefficient (Wildman–Crippen LogP) is 0.867. The summed E-state index contributed by atoms with van der Waals surface area (Å²) in [5, 5.41) is 11.6. The lowest BCUT2D eigenvalue weighted by Crippen LogP contribution is -2.48. The van der Waals surface area contributed by atoms with Crippen molar-refractivity contribution >= 4 is 21.7 Å². The third-order valence-corrected chi connectivity index (χ3v) is 5.44. The van der Waals surface area contributed by atoms with E-state index in [-0.39, 0.29) is 12.1 Å². The van der Waals surface area contributed by atoms with Gasteiger partial charge in [0.1, 0.15) is 4.75 Å². The second kappa shape index (κ2) is 6.26. The highest BCUT2D eigenvalue weighted by Gasteiger charge is 2.38. The van der Waals surface area contributed by atoms with Gasteiger partial charge in [-0.15, -0.1) is 0 Å². The minimum atomic E-state index is -3.52. The summed E-state index contributed by atoms with van der Waals surface area (Å²) in [4.78, 5) is 23.0. The highest BCUT2D eigenvalue weighted by molar-refractivity contribution is 7.92. The van der Waals surface area contributed by atoms with Crippen molar-refractivity contribution in [3.63, 3.8) is 0 Å². The van der Waals surface area contributed by atoms with E-state index < -0.39 is 26.5 Å². The third kappa shape index (κ3) is 4.04. The molecule has 0 saturated carbocycles. The molecule has 0 spiro atoms. The average molecular weight is 313 g/mol. The van der Waals surface area contributed by atoms with Crippen LogP contribution in [0.3, 0.4) is 0 Å². The predicted molar refractivity (Wildman–Crippen MR) is 79.0 cm³/mol. The number of hydrogen-bond acceptors (Lipinski definition) is 4. The second-order valence-corrected chi connectivity index (χ2v) is 7.82. The van der Waals surface area contributed by atoms with E-state index in [0.717, 1.165) is 6.26 Å². The minimum absolute atomic E-state index is 0.169. The summed E-state index contributed by atoms with van der Waals surface area (Å²) >= 11 is 0. The lowest BCUT2D eigenvalue weighted by atomic mass is 10.0. The standard InChI is InChI=1S/C14H19NO5S/c1-14(2,21(3,19)20)13(18)15-9-8-10-6-4-5-7-11(10)12(16)17/h4-7H,8-9H2,1-3H3,(H,15,18)(H,16,17). The molecule has 0 radical (unpaired) electrons. The lowest BCUT2D eigenvalue weighted by Gasteiger charge is -2.21. The van der Waals surface area contributed by atoms with Crippen molar-refractivity contribution in [3.05, 3.63) is 35.4 Å². The van der Waals surface area contributed by atoms with E-state index in [4.69, 9.17) is 5.11 Å². The van der Waals surface area contributed by atoms with Crippen LogP contribution >= 0.6 is 0 Å². The minimum Gasteiger partial charge on any atom is -0.478 e. The number of carboxylic acids is 1. The Labute approximate surface area is 124 Å². The van der Waals surface area contributed by atoms with Gasteiger partial charge in [-0.05, 0) is 31.9 Å². The number of carboxylic acid groups (broad SMARTS) is 1. The maximum Gasteiger partial charge on any atom is 0.335 e. The number of nitrogens with one attached hydrogen (secondary N) is 1. The van der Waals surface area contributed by atoms with Crippen molar-refractivity contribution in [2.75, 3.05) is 12.8 Å². The Morgan fingerprint density at radius 1 is 1.24 bits per heavy atom. The third-order valence-electron chi connectivity index (χ3n) is 3.40. The highest BCUT2D eigenvalue weighted by atomic mass is 32.2. The number of carbonyl (C=O) groups excluding carboxylic acids is 1. The summed E-state index contributed by atoms with van der Waals surface area (Å²) in [5.41, 5.74) is 0.761. The van der Waals surface area contributed by atoms with E-state index in [1.807, 2.05) is 0 Å². The van der Waals surface area contributed by atoms with Crippen LogP contribution in [0, 0.1) is 0 Å². The average Bonchev–Trinajstić information content (AvgIpc) is 2.37. The molecule has 0 aliphatic rings. The van der Waals surface area contributed by atoms with Crippen molar-refractivity contribution in [2.45, 2.75) is 25.0 Å². The number of amides is 1. The Morgan fingerprint density at radius 2 is 1.81 bits per heavy atom. The van der Waals surface area contributed by atoms with Crippen molar-refractivity contribution < 1.29 is 23.1 Å². The highest BCUT2D eigenvalue weighted by Crippen LogP contribution is 2.15. The fraction of sp³-hybridized carbons (Fsp3) is 0.429. The van der Waals surface area contributed by atoms with Gasteiger partial charge in [-0.3, -0.25) is 4.79 Å². The molecule has 0 saturated heterocycles. The molecule has 0 aliphatic heterocycles. The maximum absolute atomic E-state index is 11.9. The van der Waals surface area contributed by atoms with Gasteiger partial charge in [0.25, 0.3) is 0 Å². The summed E-state index contributed by atoms with van der Waals surface area (Å²) in [7, 11) is -3.52. The van der Waals surface area contributed by atoms with Gasteiger partial charge in [-0.2, -0.15) is 0 Å². The Balaban J connectivity index is 2.71. The van der Waals surface area contributed by atoms with Crippen LogP contribution < -0.4 is 5.32 Å². The van der Waals surface area contributed by atoms with E-state index in [0.29, 0.717) is 12.0 Å². The molecular formula is C14H19NO5S. The van der Waals surface area contributed by atoms with Gasteiger partial charge in [0.05, 0.1) is 5.56 Å². The van der Waals surface area contributed by atoms with Crippen molar-refractivity contribution in [1.29, 1.82) is 0 Å². The summed E-state index contributed by atoms with van der Waals surface area (Å²) in [5.74, 6) is -1.63. The number of hydrogen-bond donors (Lipinski definition) is 2.